The first kappa shape index (κ1) is 22.1. The number of piperazine rings is 1. The Bertz CT molecular complexity index is 1020. The molecule has 2 aromatic rings. The van der Waals surface area contributed by atoms with Crippen molar-refractivity contribution in [3.63, 3.8) is 0 Å². The summed E-state index contributed by atoms with van der Waals surface area (Å²) in [6.07, 6.45) is 3.42. The van der Waals surface area contributed by atoms with Gasteiger partial charge in [-0.15, -0.1) is 0 Å². The van der Waals surface area contributed by atoms with Crippen molar-refractivity contribution in [3.05, 3.63) is 47.7 Å². The molecule has 2 aliphatic heterocycles. The predicted octanol–water partition coefficient (Wildman–Crippen LogP) is 3.33. The largest absolute Gasteiger partial charge is 0.464 e. The summed E-state index contributed by atoms with van der Waals surface area (Å²) in [5, 5.41) is 0. The van der Waals surface area contributed by atoms with Gasteiger partial charge in [0, 0.05) is 44.6 Å². The Balaban J connectivity index is 1.53. The summed E-state index contributed by atoms with van der Waals surface area (Å²) in [4.78, 5) is 37.1. The number of fused-ring (bicyclic) bond motifs is 1. The first-order chi connectivity index (χ1) is 15.4. The number of unbranched alkanes of at least 4 members (excludes halogenated alkanes) is 1. The van der Waals surface area contributed by atoms with Crippen molar-refractivity contribution in [1.82, 2.24) is 9.88 Å². The number of amides is 2. The SMILES string of the molecule is CCCCN1C(=O)C(C)(C(=O)N2CCN(c3cccc(C)c3C)CC2)Oc2cccnc21. The lowest BCUT2D eigenvalue weighted by molar-refractivity contribution is -0.156. The van der Waals surface area contributed by atoms with E-state index in [-0.39, 0.29) is 11.8 Å². The van der Waals surface area contributed by atoms with E-state index in [1.54, 1.807) is 35.1 Å². The molecule has 7 heteroatoms. The molecule has 1 atom stereocenters. The minimum absolute atomic E-state index is 0.279. The number of anilines is 2. The van der Waals surface area contributed by atoms with E-state index in [1.165, 1.54) is 16.8 Å². The Labute approximate surface area is 190 Å². The van der Waals surface area contributed by atoms with Gasteiger partial charge in [-0.25, -0.2) is 4.98 Å². The number of carbonyl (C=O) groups excluding carboxylic acids is 2. The fraction of sp³-hybridized carbons (Fsp3) is 0.480. The molecular formula is C25H32N4O3. The van der Waals surface area contributed by atoms with Gasteiger partial charge in [-0.1, -0.05) is 25.5 Å². The maximum Gasteiger partial charge on any atom is 0.282 e. The molecule has 2 amide bonds. The molecule has 1 saturated heterocycles. The summed E-state index contributed by atoms with van der Waals surface area (Å²) in [5.41, 5.74) is 2.15. The Morgan fingerprint density at radius 3 is 2.59 bits per heavy atom. The summed E-state index contributed by atoms with van der Waals surface area (Å²) in [5.74, 6) is 0.363. The van der Waals surface area contributed by atoms with Gasteiger partial charge in [-0.3, -0.25) is 14.5 Å². The van der Waals surface area contributed by atoms with Crippen molar-refractivity contribution >= 4 is 23.3 Å². The van der Waals surface area contributed by atoms with Crippen LogP contribution in [0.4, 0.5) is 11.5 Å². The van der Waals surface area contributed by atoms with E-state index in [2.05, 4.69) is 48.9 Å². The number of hydrogen-bond acceptors (Lipinski definition) is 5. The number of aromatic nitrogens is 1. The van der Waals surface area contributed by atoms with Crippen LogP contribution in [0.5, 0.6) is 5.75 Å². The quantitative estimate of drug-likeness (QED) is 0.673. The number of carbonyl (C=O) groups is 2. The zero-order chi connectivity index (χ0) is 22.9. The van der Waals surface area contributed by atoms with Gasteiger partial charge in [0.05, 0.1) is 0 Å². The van der Waals surface area contributed by atoms with Gasteiger partial charge < -0.3 is 14.5 Å². The Morgan fingerprint density at radius 1 is 1.12 bits per heavy atom. The molecule has 1 fully saturated rings. The molecule has 170 valence electrons. The maximum absolute atomic E-state index is 13.6. The third kappa shape index (κ3) is 3.80. The minimum Gasteiger partial charge on any atom is -0.464 e. The topological polar surface area (TPSA) is 66.0 Å². The molecule has 4 rings (SSSR count). The van der Waals surface area contributed by atoms with Crippen LogP contribution in [-0.2, 0) is 9.59 Å². The van der Waals surface area contributed by atoms with Crippen molar-refractivity contribution in [2.45, 2.75) is 46.1 Å². The van der Waals surface area contributed by atoms with Gasteiger partial charge >= 0.3 is 0 Å². The second-order valence-corrected chi connectivity index (χ2v) is 8.77. The molecule has 32 heavy (non-hydrogen) atoms. The number of hydrogen-bond donors (Lipinski definition) is 0. The molecule has 2 aliphatic rings. The molecule has 0 bridgehead atoms. The van der Waals surface area contributed by atoms with Gasteiger partial charge in [0.2, 0.25) is 0 Å². The smallest absolute Gasteiger partial charge is 0.282 e. The van der Waals surface area contributed by atoms with Gasteiger partial charge in [0.1, 0.15) is 0 Å². The van der Waals surface area contributed by atoms with Crippen LogP contribution in [0.1, 0.15) is 37.8 Å². The molecular weight excluding hydrogens is 404 g/mol. The fourth-order valence-corrected chi connectivity index (χ4v) is 4.47. The highest BCUT2D eigenvalue weighted by Gasteiger charge is 2.53. The minimum atomic E-state index is -1.58. The highest BCUT2D eigenvalue weighted by Crippen LogP contribution is 2.37. The summed E-state index contributed by atoms with van der Waals surface area (Å²) in [6, 6.07) is 9.85. The molecule has 7 nitrogen and oxygen atoms in total. The first-order valence-corrected chi connectivity index (χ1v) is 11.4. The van der Waals surface area contributed by atoms with E-state index in [1.807, 2.05) is 0 Å². The third-order valence-electron chi connectivity index (χ3n) is 6.60. The van der Waals surface area contributed by atoms with Crippen LogP contribution in [-0.4, -0.2) is 60.0 Å². The van der Waals surface area contributed by atoms with E-state index in [0.717, 1.165) is 25.9 Å². The van der Waals surface area contributed by atoms with Crippen LogP contribution in [0.15, 0.2) is 36.5 Å². The van der Waals surface area contributed by atoms with Crippen molar-refractivity contribution in [2.24, 2.45) is 0 Å². The van der Waals surface area contributed by atoms with Crippen LogP contribution in [0.3, 0.4) is 0 Å². The highest BCUT2D eigenvalue weighted by molar-refractivity contribution is 6.16. The molecule has 0 N–H and O–H groups in total. The molecule has 0 spiro atoms. The summed E-state index contributed by atoms with van der Waals surface area (Å²) in [7, 11) is 0. The molecule has 0 aliphatic carbocycles. The summed E-state index contributed by atoms with van der Waals surface area (Å²) >= 11 is 0. The molecule has 1 aromatic carbocycles. The Hall–Kier alpha value is -3.09. The molecule has 3 heterocycles. The van der Waals surface area contributed by atoms with E-state index >= 15 is 0 Å². The normalized spacial score (nSPS) is 20.8. The lowest BCUT2D eigenvalue weighted by atomic mass is 9.99. The third-order valence-corrected chi connectivity index (χ3v) is 6.60. The molecule has 0 radical (unpaired) electrons. The number of nitrogens with zero attached hydrogens (tertiary/aromatic N) is 4. The molecule has 1 aromatic heterocycles. The zero-order valence-electron chi connectivity index (χ0n) is 19.4. The lowest BCUT2D eigenvalue weighted by Crippen LogP contribution is -2.65. The van der Waals surface area contributed by atoms with E-state index < -0.39 is 5.60 Å². The van der Waals surface area contributed by atoms with E-state index in [0.29, 0.717) is 31.2 Å². The fourth-order valence-electron chi connectivity index (χ4n) is 4.47. The van der Waals surface area contributed by atoms with Crippen molar-refractivity contribution in [3.8, 4) is 5.75 Å². The maximum atomic E-state index is 13.6. The number of benzene rings is 1. The Morgan fingerprint density at radius 2 is 1.88 bits per heavy atom. The molecule has 0 saturated carbocycles. The standard InChI is InChI=1S/C25H32N4O3/c1-5-6-13-29-22-21(11-8-12-26-22)32-25(4,24(29)31)23(30)28-16-14-27(15-17-28)20-10-7-9-18(2)19(20)3/h7-12H,5-6,13-17H2,1-4H3. The number of aryl methyl sites for hydroxylation is 1. The first-order valence-electron chi connectivity index (χ1n) is 11.4. The van der Waals surface area contributed by atoms with Crippen molar-refractivity contribution in [2.75, 3.05) is 42.5 Å². The van der Waals surface area contributed by atoms with E-state index in [4.69, 9.17) is 4.74 Å². The molecule has 1 unspecified atom stereocenters. The second-order valence-electron chi connectivity index (χ2n) is 8.77. The number of rotatable bonds is 5. The van der Waals surface area contributed by atoms with Gasteiger partial charge in [-0.05, 0) is 56.5 Å². The van der Waals surface area contributed by atoms with Crippen LogP contribution in [0, 0.1) is 13.8 Å². The zero-order valence-corrected chi connectivity index (χ0v) is 19.4. The highest BCUT2D eigenvalue weighted by atomic mass is 16.5. The summed E-state index contributed by atoms with van der Waals surface area (Å²) < 4.78 is 6.04. The van der Waals surface area contributed by atoms with Gasteiger partial charge in [-0.2, -0.15) is 0 Å². The van der Waals surface area contributed by atoms with Crippen molar-refractivity contribution < 1.29 is 14.3 Å². The summed E-state index contributed by atoms with van der Waals surface area (Å²) in [6.45, 7) is 11.0. The van der Waals surface area contributed by atoms with E-state index in [9.17, 15) is 9.59 Å². The monoisotopic (exact) mass is 436 g/mol. The van der Waals surface area contributed by atoms with Gasteiger partial charge in [0.25, 0.3) is 17.4 Å². The second kappa shape index (κ2) is 8.81. The average Bonchev–Trinajstić information content (AvgIpc) is 2.81. The predicted molar refractivity (Wildman–Crippen MR) is 125 cm³/mol. The lowest BCUT2D eigenvalue weighted by Gasteiger charge is -2.43. The van der Waals surface area contributed by atoms with Crippen LogP contribution < -0.4 is 14.5 Å². The number of pyridine rings is 1. The van der Waals surface area contributed by atoms with Crippen molar-refractivity contribution in [1.29, 1.82) is 0 Å². The van der Waals surface area contributed by atoms with Crippen LogP contribution in [0.2, 0.25) is 0 Å². The number of ether oxygens (including phenoxy) is 1. The Kier molecular flexibility index (Phi) is 6.09. The average molecular weight is 437 g/mol. The van der Waals surface area contributed by atoms with Crippen LogP contribution in [0.25, 0.3) is 0 Å². The van der Waals surface area contributed by atoms with Gasteiger partial charge in [0.15, 0.2) is 11.6 Å². The van der Waals surface area contributed by atoms with Crippen LogP contribution >= 0.6 is 0 Å².